The molecule has 2 rings (SSSR count). The number of unbranched alkanes of at least 4 members (excludes halogenated alkanes) is 3. The lowest BCUT2D eigenvalue weighted by Gasteiger charge is -2.07. The van der Waals surface area contributed by atoms with Crippen LogP contribution in [0.2, 0.25) is 5.02 Å². The van der Waals surface area contributed by atoms with Crippen molar-refractivity contribution in [2.24, 2.45) is 0 Å². The van der Waals surface area contributed by atoms with Crippen molar-refractivity contribution in [3.8, 4) is 17.6 Å². The van der Waals surface area contributed by atoms with Gasteiger partial charge < -0.3 is 9.47 Å². The van der Waals surface area contributed by atoms with Crippen LogP contribution in [-0.2, 0) is 0 Å². The minimum atomic E-state index is -0.602. The Morgan fingerprint density at radius 2 is 2.00 bits per heavy atom. The molecule has 0 saturated heterocycles. The molecule has 0 amide bonds. The van der Waals surface area contributed by atoms with E-state index in [1.807, 2.05) is 6.07 Å². The molecular weight excluding hydrogens is 340 g/mol. The maximum Gasteiger partial charge on any atom is 0.362 e. The van der Waals surface area contributed by atoms with Gasteiger partial charge in [0.1, 0.15) is 23.3 Å². The molecule has 0 fully saturated rings. The largest absolute Gasteiger partial charge is 0.492 e. The first-order valence-corrected chi connectivity index (χ1v) is 8.52. The van der Waals surface area contributed by atoms with Crippen molar-refractivity contribution in [3.05, 3.63) is 52.8 Å². The van der Waals surface area contributed by atoms with E-state index in [-0.39, 0.29) is 16.5 Å². The highest BCUT2D eigenvalue weighted by atomic mass is 35.5. The van der Waals surface area contributed by atoms with Crippen molar-refractivity contribution in [1.29, 1.82) is 5.26 Å². The lowest BCUT2D eigenvalue weighted by Crippen LogP contribution is -2.10. The molecule has 25 heavy (non-hydrogen) atoms. The molecule has 0 saturated carbocycles. The summed E-state index contributed by atoms with van der Waals surface area (Å²) in [5, 5.41) is 9.06. The van der Waals surface area contributed by atoms with Crippen molar-refractivity contribution in [2.75, 3.05) is 6.61 Å². The number of aromatic nitrogens is 1. The second kappa shape index (κ2) is 9.65. The van der Waals surface area contributed by atoms with E-state index in [0.717, 1.165) is 12.8 Å². The number of hydrogen-bond donors (Lipinski definition) is 0. The number of carbonyl (C=O) groups excluding carboxylic acids is 1. The van der Waals surface area contributed by atoms with Crippen LogP contribution < -0.4 is 9.47 Å². The number of ether oxygens (including phenoxy) is 2. The zero-order valence-electron chi connectivity index (χ0n) is 14.0. The van der Waals surface area contributed by atoms with Crippen LogP contribution in [0.25, 0.3) is 0 Å². The molecule has 0 N–H and O–H groups in total. The van der Waals surface area contributed by atoms with E-state index in [4.69, 9.17) is 26.3 Å². The third-order valence-corrected chi connectivity index (χ3v) is 3.80. The average molecular weight is 359 g/mol. The molecule has 0 bridgehead atoms. The molecule has 2 aromatic rings. The smallest absolute Gasteiger partial charge is 0.362 e. The number of nitriles is 1. The van der Waals surface area contributed by atoms with Gasteiger partial charge in [0, 0.05) is 6.07 Å². The number of esters is 1. The Morgan fingerprint density at radius 1 is 1.20 bits per heavy atom. The van der Waals surface area contributed by atoms with Crippen LogP contribution in [0.5, 0.6) is 11.5 Å². The number of halogens is 1. The maximum atomic E-state index is 12.1. The first-order valence-electron chi connectivity index (χ1n) is 8.14. The van der Waals surface area contributed by atoms with Crippen LogP contribution in [-0.4, -0.2) is 17.6 Å². The van der Waals surface area contributed by atoms with Crippen LogP contribution >= 0.6 is 11.6 Å². The number of pyridine rings is 1. The first kappa shape index (κ1) is 18.8. The summed E-state index contributed by atoms with van der Waals surface area (Å²) < 4.78 is 10.8. The third kappa shape index (κ3) is 5.77. The van der Waals surface area contributed by atoms with E-state index in [9.17, 15) is 4.79 Å². The van der Waals surface area contributed by atoms with Gasteiger partial charge in [-0.05, 0) is 30.7 Å². The maximum absolute atomic E-state index is 12.1. The molecule has 0 unspecified atom stereocenters. The van der Waals surface area contributed by atoms with Crippen LogP contribution in [0.1, 0.15) is 48.7 Å². The zero-order chi connectivity index (χ0) is 18.1. The first-order chi connectivity index (χ1) is 12.1. The summed E-state index contributed by atoms with van der Waals surface area (Å²) in [6, 6.07) is 9.61. The molecule has 130 valence electrons. The van der Waals surface area contributed by atoms with E-state index in [1.165, 1.54) is 37.2 Å². The van der Waals surface area contributed by atoms with Crippen LogP contribution in [0, 0.1) is 11.3 Å². The molecular formula is C19H19ClN2O3. The van der Waals surface area contributed by atoms with Crippen LogP contribution in [0.15, 0.2) is 36.5 Å². The molecule has 0 radical (unpaired) electrons. The van der Waals surface area contributed by atoms with E-state index >= 15 is 0 Å². The number of rotatable bonds is 8. The fraction of sp³-hybridized carbons (Fsp3) is 0.316. The van der Waals surface area contributed by atoms with Gasteiger partial charge in [-0.1, -0.05) is 37.8 Å². The monoisotopic (exact) mass is 358 g/mol. The average Bonchev–Trinajstić information content (AvgIpc) is 2.62. The molecule has 0 aliphatic heterocycles. The summed E-state index contributed by atoms with van der Waals surface area (Å²) in [7, 11) is 0. The van der Waals surface area contributed by atoms with Crippen molar-refractivity contribution >= 4 is 17.6 Å². The SMILES string of the molecule is CCCCCCOc1ccc(C(=O)Oc2ccc(C#N)c(Cl)c2)nc1. The molecule has 0 spiro atoms. The highest BCUT2D eigenvalue weighted by Crippen LogP contribution is 2.22. The lowest BCUT2D eigenvalue weighted by molar-refractivity contribution is 0.0728. The molecule has 1 aromatic carbocycles. The van der Waals surface area contributed by atoms with Crippen molar-refractivity contribution in [3.63, 3.8) is 0 Å². The molecule has 1 heterocycles. The fourth-order valence-electron chi connectivity index (χ4n) is 2.11. The van der Waals surface area contributed by atoms with E-state index in [0.29, 0.717) is 17.9 Å². The van der Waals surface area contributed by atoms with Gasteiger partial charge in [-0.2, -0.15) is 5.26 Å². The third-order valence-electron chi connectivity index (χ3n) is 3.48. The van der Waals surface area contributed by atoms with Gasteiger partial charge in [-0.3, -0.25) is 0 Å². The highest BCUT2D eigenvalue weighted by molar-refractivity contribution is 6.31. The van der Waals surface area contributed by atoms with Crippen molar-refractivity contribution < 1.29 is 14.3 Å². The Kier molecular flexibility index (Phi) is 7.24. The summed E-state index contributed by atoms with van der Waals surface area (Å²) in [6.45, 7) is 2.80. The quantitative estimate of drug-likeness (QED) is 0.385. The Hall–Kier alpha value is -2.58. The minimum absolute atomic E-state index is 0.166. The van der Waals surface area contributed by atoms with Gasteiger partial charge in [0.2, 0.25) is 0 Å². The van der Waals surface area contributed by atoms with E-state index in [2.05, 4.69) is 11.9 Å². The molecule has 0 aliphatic carbocycles. The number of carbonyl (C=O) groups is 1. The second-order valence-electron chi connectivity index (χ2n) is 5.43. The Morgan fingerprint density at radius 3 is 2.64 bits per heavy atom. The van der Waals surface area contributed by atoms with Gasteiger partial charge in [0.05, 0.1) is 23.4 Å². The second-order valence-corrected chi connectivity index (χ2v) is 5.84. The van der Waals surface area contributed by atoms with Gasteiger partial charge in [0.15, 0.2) is 0 Å². The van der Waals surface area contributed by atoms with Crippen LogP contribution in [0.3, 0.4) is 0 Å². The van der Waals surface area contributed by atoms with Gasteiger partial charge >= 0.3 is 5.97 Å². The Balaban J connectivity index is 1.89. The topological polar surface area (TPSA) is 72.2 Å². The van der Waals surface area contributed by atoms with Crippen LogP contribution in [0.4, 0.5) is 0 Å². The summed E-state index contributed by atoms with van der Waals surface area (Å²) >= 11 is 5.91. The number of hydrogen-bond acceptors (Lipinski definition) is 5. The Bertz CT molecular complexity index is 754. The van der Waals surface area contributed by atoms with Gasteiger partial charge in [0.25, 0.3) is 0 Å². The highest BCUT2D eigenvalue weighted by Gasteiger charge is 2.12. The molecule has 6 heteroatoms. The molecule has 5 nitrogen and oxygen atoms in total. The van der Waals surface area contributed by atoms with E-state index in [1.54, 1.807) is 12.1 Å². The zero-order valence-corrected chi connectivity index (χ0v) is 14.8. The fourth-order valence-corrected chi connectivity index (χ4v) is 2.33. The summed E-state index contributed by atoms with van der Waals surface area (Å²) in [4.78, 5) is 16.2. The minimum Gasteiger partial charge on any atom is -0.492 e. The predicted molar refractivity (Wildman–Crippen MR) is 95.0 cm³/mol. The van der Waals surface area contributed by atoms with Gasteiger partial charge in [-0.15, -0.1) is 0 Å². The number of benzene rings is 1. The summed E-state index contributed by atoms with van der Waals surface area (Å²) in [5.74, 6) is 0.275. The summed E-state index contributed by atoms with van der Waals surface area (Å²) in [5.41, 5.74) is 0.485. The summed E-state index contributed by atoms with van der Waals surface area (Å²) in [6.07, 6.45) is 6.02. The predicted octanol–water partition coefficient (Wildman–Crippen LogP) is 4.78. The molecule has 0 atom stereocenters. The van der Waals surface area contributed by atoms with Crippen molar-refractivity contribution in [1.82, 2.24) is 4.98 Å². The Labute approximate surface area is 152 Å². The van der Waals surface area contributed by atoms with Crippen molar-refractivity contribution in [2.45, 2.75) is 32.6 Å². The normalized spacial score (nSPS) is 10.1. The standard InChI is InChI=1S/C19H19ClN2O3/c1-2-3-4-5-10-24-16-8-9-18(22-13-16)19(23)25-15-7-6-14(12-21)17(20)11-15/h6-9,11,13H,2-5,10H2,1H3. The molecule has 0 aliphatic rings. The van der Waals surface area contributed by atoms with E-state index < -0.39 is 5.97 Å². The lowest BCUT2D eigenvalue weighted by atomic mass is 10.2. The number of nitrogens with zero attached hydrogens (tertiary/aromatic N) is 2. The van der Waals surface area contributed by atoms with Gasteiger partial charge in [-0.25, -0.2) is 9.78 Å². The molecule has 1 aromatic heterocycles.